The van der Waals surface area contributed by atoms with Crippen molar-refractivity contribution in [1.29, 1.82) is 0 Å². The van der Waals surface area contributed by atoms with Crippen molar-refractivity contribution >= 4 is 63.5 Å². The monoisotopic (exact) mass is 329 g/mol. The van der Waals surface area contributed by atoms with Gasteiger partial charge in [0.1, 0.15) is 12.6 Å². The Morgan fingerprint density at radius 1 is 1.24 bits per heavy atom. The fraction of sp³-hybridized carbons (Fsp3) is 0.556. The molecule has 0 aromatic rings. The quantitative estimate of drug-likeness (QED) is 0.237. The second-order valence-corrected chi connectivity index (χ2v) is 5.68. The molecule has 0 radical (unpaired) electrons. The van der Waals surface area contributed by atoms with Crippen molar-refractivity contribution in [3.63, 3.8) is 0 Å². The molecule has 0 spiro atoms. The molecule has 0 aromatic carbocycles. The third-order valence-corrected chi connectivity index (χ3v) is 3.85. The van der Waals surface area contributed by atoms with Crippen molar-refractivity contribution in [3.8, 4) is 0 Å². The number of nitrogens with zero attached hydrogens (tertiary/aromatic N) is 2. The molecule has 2 N–H and O–H groups in total. The summed E-state index contributed by atoms with van der Waals surface area (Å²) in [7, 11) is -4.61. The van der Waals surface area contributed by atoms with Crippen LogP contribution in [0, 0.1) is 0 Å². The van der Waals surface area contributed by atoms with E-state index >= 15 is 0 Å². The summed E-state index contributed by atoms with van der Waals surface area (Å²) < 4.78 is 30.2. The summed E-state index contributed by atoms with van der Waals surface area (Å²) in [5.74, 6) is -2.66. The molecule has 2 rings (SSSR count). The maximum absolute atomic E-state index is 11.6. The van der Waals surface area contributed by atoms with E-state index in [0.29, 0.717) is 0 Å². The first kappa shape index (κ1) is 18.0. The number of likely N-dealkylation sites (tertiary alicyclic amines) is 1. The third kappa shape index (κ3) is 3.80. The SMILES string of the molecule is O=C(CN1C(=O)CCC1=O)NC1CN(S(=O)(=O)O)C1=O.[NaH]. The molecular weight excluding hydrogens is 317 g/mol. The molecule has 10 nitrogen and oxygen atoms in total. The van der Waals surface area contributed by atoms with Crippen molar-refractivity contribution in [2.24, 2.45) is 0 Å². The molecule has 0 saturated carbocycles. The number of rotatable bonds is 4. The van der Waals surface area contributed by atoms with Gasteiger partial charge in [0.15, 0.2) is 0 Å². The number of β-lactam (4-membered cyclic amide) rings is 1. The van der Waals surface area contributed by atoms with Crippen LogP contribution in [0.2, 0.25) is 0 Å². The summed E-state index contributed by atoms with van der Waals surface area (Å²) in [4.78, 5) is 46.2. The molecule has 1 atom stereocenters. The first-order chi connectivity index (χ1) is 9.20. The number of hydrogen-bond acceptors (Lipinski definition) is 6. The summed E-state index contributed by atoms with van der Waals surface area (Å²) in [6, 6.07) is -1.09. The Hall–Kier alpha value is -1.01. The zero-order chi connectivity index (χ0) is 15.1. The molecule has 2 aliphatic rings. The van der Waals surface area contributed by atoms with Crippen molar-refractivity contribution in [2.45, 2.75) is 18.9 Å². The first-order valence-corrected chi connectivity index (χ1v) is 7.01. The van der Waals surface area contributed by atoms with Crippen LogP contribution >= 0.6 is 0 Å². The number of nitrogens with one attached hydrogen (secondary N) is 1. The van der Waals surface area contributed by atoms with Gasteiger partial charge in [-0.15, -0.1) is 0 Å². The van der Waals surface area contributed by atoms with Crippen LogP contribution in [0.5, 0.6) is 0 Å². The molecule has 2 aliphatic heterocycles. The molecule has 12 heteroatoms. The van der Waals surface area contributed by atoms with Crippen LogP contribution < -0.4 is 5.32 Å². The van der Waals surface area contributed by atoms with Crippen molar-refractivity contribution in [3.05, 3.63) is 0 Å². The van der Waals surface area contributed by atoms with Crippen LogP contribution in [-0.2, 0) is 29.5 Å². The summed E-state index contributed by atoms with van der Waals surface area (Å²) in [5, 5.41) is 2.18. The first-order valence-electron chi connectivity index (χ1n) is 5.61. The van der Waals surface area contributed by atoms with E-state index < -0.39 is 46.5 Å². The Kier molecular flexibility index (Phi) is 5.50. The summed E-state index contributed by atoms with van der Waals surface area (Å²) in [6.07, 6.45) is 0.0933. The van der Waals surface area contributed by atoms with Gasteiger partial charge in [0.05, 0.1) is 6.54 Å². The Labute approximate surface area is 142 Å². The molecule has 2 fully saturated rings. The van der Waals surface area contributed by atoms with Gasteiger partial charge in [0.25, 0.3) is 5.91 Å². The number of hydrogen-bond donors (Lipinski definition) is 2. The van der Waals surface area contributed by atoms with Crippen LogP contribution in [0.4, 0.5) is 0 Å². The second-order valence-electron chi connectivity index (χ2n) is 4.34. The van der Waals surface area contributed by atoms with E-state index in [1.807, 2.05) is 0 Å². The van der Waals surface area contributed by atoms with Crippen LogP contribution in [-0.4, -0.2) is 94.5 Å². The maximum atomic E-state index is 11.6. The van der Waals surface area contributed by atoms with E-state index in [1.165, 1.54) is 0 Å². The zero-order valence-electron chi connectivity index (χ0n) is 10.1. The number of imide groups is 1. The van der Waals surface area contributed by atoms with Gasteiger partial charge < -0.3 is 5.32 Å². The van der Waals surface area contributed by atoms with Crippen molar-refractivity contribution < 1.29 is 32.1 Å². The van der Waals surface area contributed by atoms with Crippen LogP contribution in [0.15, 0.2) is 0 Å². The second kappa shape index (κ2) is 6.40. The number of carbonyl (C=O) groups is 4. The van der Waals surface area contributed by atoms with E-state index in [2.05, 4.69) is 5.32 Å². The Morgan fingerprint density at radius 2 is 1.76 bits per heavy atom. The summed E-state index contributed by atoms with van der Waals surface area (Å²) in [6.45, 7) is -0.890. The molecule has 21 heavy (non-hydrogen) atoms. The molecule has 2 saturated heterocycles. The Bertz CT molecular complexity index is 588. The fourth-order valence-corrected chi connectivity index (χ4v) is 2.59. The third-order valence-electron chi connectivity index (χ3n) is 2.96. The molecule has 4 amide bonds. The van der Waals surface area contributed by atoms with E-state index in [4.69, 9.17) is 4.55 Å². The minimum atomic E-state index is -4.61. The predicted molar refractivity (Wildman–Crippen MR) is 68.3 cm³/mol. The average molecular weight is 329 g/mol. The van der Waals surface area contributed by atoms with Gasteiger partial charge in [0, 0.05) is 12.8 Å². The predicted octanol–water partition coefficient (Wildman–Crippen LogP) is -3.38. The molecule has 0 aromatic heterocycles. The molecule has 2 heterocycles. The van der Waals surface area contributed by atoms with Gasteiger partial charge in [-0.1, -0.05) is 0 Å². The summed E-state index contributed by atoms with van der Waals surface area (Å²) in [5.41, 5.74) is 0. The topological polar surface area (TPSA) is 141 Å². The van der Waals surface area contributed by atoms with Crippen molar-refractivity contribution in [1.82, 2.24) is 14.5 Å². The van der Waals surface area contributed by atoms with Crippen LogP contribution in [0.1, 0.15) is 12.8 Å². The van der Waals surface area contributed by atoms with Gasteiger partial charge >= 0.3 is 39.9 Å². The summed E-state index contributed by atoms with van der Waals surface area (Å²) >= 11 is 0. The molecular formula is C9H12N3NaO7S. The van der Waals surface area contributed by atoms with E-state index in [9.17, 15) is 27.6 Å². The number of carbonyl (C=O) groups excluding carboxylic acids is 4. The van der Waals surface area contributed by atoms with E-state index in [0.717, 1.165) is 4.90 Å². The normalized spacial score (nSPS) is 22.0. The van der Waals surface area contributed by atoms with Gasteiger partial charge in [-0.25, -0.2) is 4.31 Å². The Morgan fingerprint density at radius 3 is 2.19 bits per heavy atom. The van der Waals surface area contributed by atoms with Crippen molar-refractivity contribution in [2.75, 3.05) is 13.1 Å². The van der Waals surface area contributed by atoms with Crippen LogP contribution in [0.25, 0.3) is 0 Å². The number of amides is 4. The molecule has 112 valence electrons. The van der Waals surface area contributed by atoms with Gasteiger partial charge in [0.2, 0.25) is 17.7 Å². The molecule has 0 bridgehead atoms. The van der Waals surface area contributed by atoms with Crippen LogP contribution in [0.3, 0.4) is 0 Å². The zero-order valence-corrected chi connectivity index (χ0v) is 10.9. The van der Waals surface area contributed by atoms with Gasteiger partial charge in [-0.05, 0) is 0 Å². The fourth-order valence-electron chi connectivity index (χ4n) is 1.89. The van der Waals surface area contributed by atoms with E-state index in [-0.39, 0.29) is 53.2 Å². The van der Waals surface area contributed by atoms with E-state index in [1.54, 1.807) is 0 Å². The Balaban J connectivity index is 0.00000220. The minimum absolute atomic E-state index is 0. The van der Waals surface area contributed by atoms with Gasteiger partial charge in [-0.3, -0.25) is 28.6 Å². The van der Waals surface area contributed by atoms with Gasteiger partial charge in [-0.2, -0.15) is 8.42 Å². The average Bonchev–Trinajstić information content (AvgIpc) is 2.63. The molecule has 0 aliphatic carbocycles. The molecule has 1 unspecified atom stereocenters. The standard InChI is InChI=1S/C9H11N3O7S.Na.H/c13-6(4-11-7(14)1-2-8(11)15)10-5-3-12(9(5)16)20(17,18)19;;/h5H,1-4H2,(H,10,13)(H,17,18,19);;.